The van der Waals surface area contributed by atoms with E-state index in [2.05, 4.69) is 5.32 Å². The molecule has 1 aromatic rings. The first kappa shape index (κ1) is 21.5. The summed E-state index contributed by atoms with van der Waals surface area (Å²) in [5.74, 6) is 1.22. The Morgan fingerprint density at radius 2 is 1.74 bits per heavy atom. The second-order valence-corrected chi connectivity index (χ2v) is 8.47. The molecule has 2 fully saturated rings. The molecule has 2 heterocycles. The number of benzene rings is 1. The van der Waals surface area contributed by atoms with E-state index in [1.807, 2.05) is 18.7 Å². The zero-order valence-electron chi connectivity index (χ0n) is 18.3. The number of likely N-dealkylation sites (N-methyl/N-ethyl adjacent to an activating group) is 1. The Bertz CT molecular complexity index is 842. The van der Waals surface area contributed by atoms with Crippen LogP contribution in [0.4, 0.5) is 0 Å². The summed E-state index contributed by atoms with van der Waals surface area (Å²) in [7, 11) is 0. The minimum atomic E-state index is -0.615. The maximum atomic E-state index is 13.3. The number of amides is 3. The standard InChI is InChI=1S/C23H31N3O5/c1-3-25(4-2)23(29)20(15-9-11-26(12-10-15)22(28)16-5-6-16)24-21(27)17-7-8-18-19(13-17)31-14-30-18/h7-8,13,15-16,20H,3-6,9-12,14H2,1-2H3,(H,24,27)/t20-/m0/s1. The van der Waals surface area contributed by atoms with E-state index in [9.17, 15) is 14.4 Å². The molecule has 1 atom stereocenters. The van der Waals surface area contributed by atoms with Gasteiger partial charge in [0.1, 0.15) is 6.04 Å². The van der Waals surface area contributed by atoms with E-state index in [-0.39, 0.29) is 36.4 Å². The largest absolute Gasteiger partial charge is 0.454 e. The van der Waals surface area contributed by atoms with Crippen molar-refractivity contribution in [3.8, 4) is 11.5 Å². The summed E-state index contributed by atoms with van der Waals surface area (Å²) in [6.07, 6.45) is 3.40. The molecule has 1 aromatic carbocycles. The lowest BCUT2D eigenvalue weighted by molar-refractivity contribution is -0.136. The van der Waals surface area contributed by atoms with Gasteiger partial charge in [-0.05, 0) is 63.6 Å². The molecule has 1 N–H and O–H groups in total. The summed E-state index contributed by atoms with van der Waals surface area (Å²) in [6, 6.07) is 4.42. The number of hydrogen-bond acceptors (Lipinski definition) is 5. The van der Waals surface area contributed by atoms with Crippen molar-refractivity contribution in [2.24, 2.45) is 11.8 Å². The van der Waals surface area contributed by atoms with Crippen LogP contribution in [0.1, 0.15) is 49.9 Å². The van der Waals surface area contributed by atoms with Gasteiger partial charge >= 0.3 is 0 Å². The molecule has 3 aliphatic rings. The highest BCUT2D eigenvalue weighted by molar-refractivity contribution is 5.98. The molecule has 0 bridgehead atoms. The van der Waals surface area contributed by atoms with Crippen molar-refractivity contribution < 1.29 is 23.9 Å². The van der Waals surface area contributed by atoms with Crippen LogP contribution < -0.4 is 14.8 Å². The van der Waals surface area contributed by atoms with Gasteiger partial charge in [0.25, 0.3) is 5.91 Å². The number of ether oxygens (including phenoxy) is 2. The van der Waals surface area contributed by atoms with Crippen LogP contribution in [0.5, 0.6) is 11.5 Å². The van der Waals surface area contributed by atoms with Crippen LogP contribution in [0.3, 0.4) is 0 Å². The molecule has 1 aliphatic carbocycles. The van der Waals surface area contributed by atoms with E-state index in [0.29, 0.717) is 56.1 Å². The number of carbonyl (C=O) groups is 3. The van der Waals surface area contributed by atoms with Gasteiger partial charge in [-0.1, -0.05) is 0 Å². The molecular weight excluding hydrogens is 398 g/mol. The summed E-state index contributed by atoms with van der Waals surface area (Å²) in [5, 5.41) is 2.99. The van der Waals surface area contributed by atoms with Gasteiger partial charge in [-0.2, -0.15) is 0 Å². The van der Waals surface area contributed by atoms with E-state index in [0.717, 1.165) is 12.8 Å². The maximum absolute atomic E-state index is 13.3. The third kappa shape index (κ3) is 4.62. The Balaban J connectivity index is 1.47. The van der Waals surface area contributed by atoms with Gasteiger partial charge in [0, 0.05) is 37.7 Å². The number of nitrogens with zero attached hydrogens (tertiary/aromatic N) is 2. The molecule has 0 radical (unpaired) electrons. The van der Waals surface area contributed by atoms with E-state index >= 15 is 0 Å². The Morgan fingerprint density at radius 3 is 2.39 bits per heavy atom. The van der Waals surface area contributed by atoms with Gasteiger partial charge in [-0.15, -0.1) is 0 Å². The summed E-state index contributed by atoms with van der Waals surface area (Å²) in [4.78, 5) is 42.4. The fourth-order valence-electron chi connectivity index (χ4n) is 4.42. The van der Waals surface area contributed by atoms with Gasteiger partial charge in [-0.3, -0.25) is 14.4 Å². The molecule has 0 unspecified atom stereocenters. The lowest BCUT2D eigenvalue weighted by Crippen LogP contribution is -2.54. The van der Waals surface area contributed by atoms with Gasteiger partial charge in [0.15, 0.2) is 11.5 Å². The minimum Gasteiger partial charge on any atom is -0.454 e. The van der Waals surface area contributed by atoms with Crippen LogP contribution in [0.2, 0.25) is 0 Å². The molecule has 168 valence electrons. The smallest absolute Gasteiger partial charge is 0.252 e. The number of likely N-dealkylation sites (tertiary alicyclic amines) is 1. The van der Waals surface area contributed by atoms with Gasteiger partial charge < -0.3 is 24.6 Å². The normalized spacial score (nSPS) is 19.1. The van der Waals surface area contributed by atoms with Gasteiger partial charge in [0.05, 0.1) is 0 Å². The van der Waals surface area contributed by atoms with Crippen LogP contribution in [0, 0.1) is 11.8 Å². The third-order valence-corrected chi connectivity index (χ3v) is 6.51. The van der Waals surface area contributed by atoms with Crippen LogP contribution in [-0.2, 0) is 9.59 Å². The van der Waals surface area contributed by atoms with Crippen molar-refractivity contribution in [2.45, 2.75) is 45.6 Å². The second kappa shape index (κ2) is 9.16. The van der Waals surface area contributed by atoms with Crippen molar-refractivity contribution in [2.75, 3.05) is 33.0 Å². The van der Waals surface area contributed by atoms with E-state index in [4.69, 9.17) is 9.47 Å². The Hall–Kier alpha value is -2.77. The number of carbonyl (C=O) groups excluding carboxylic acids is 3. The monoisotopic (exact) mass is 429 g/mol. The number of fused-ring (bicyclic) bond motifs is 1. The summed E-state index contributed by atoms with van der Waals surface area (Å²) >= 11 is 0. The number of rotatable bonds is 7. The highest BCUT2D eigenvalue weighted by Crippen LogP contribution is 2.34. The van der Waals surface area contributed by atoms with E-state index < -0.39 is 6.04 Å². The molecule has 3 amide bonds. The van der Waals surface area contributed by atoms with Crippen molar-refractivity contribution in [1.82, 2.24) is 15.1 Å². The van der Waals surface area contributed by atoms with E-state index in [1.165, 1.54) is 0 Å². The van der Waals surface area contributed by atoms with E-state index in [1.54, 1.807) is 23.1 Å². The highest BCUT2D eigenvalue weighted by atomic mass is 16.7. The minimum absolute atomic E-state index is 0.00527. The van der Waals surface area contributed by atoms with Gasteiger partial charge in [0.2, 0.25) is 18.6 Å². The molecule has 1 saturated carbocycles. The van der Waals surface area contributed by atoms with Crippen molar-refractivity contribution in [1.29, 1.82) is 0 Å². The fraction of sp³-hybridized carbons (Fsp3) is 0.609. The van der Waals surface area contributed by atoms with Crippen LogP contribution >= 0.6 is 0 Å². The average Bonchev–Trinajstić information content (AvgIpc) is 3.54. The lowest BCUT2D eigenvalue weighted by atomic mass is 9.88. The summed E-state index contributed by atoms with van der Waals surface area (Å²) < 4.78 is 10.7. The predicted molar refractivity (Wildman–Crippen MR) is 114 cm³/mol. The Labute approximate surface area is 182 Å². The SMILES string of the molecule is CCN(CC)C(=O)[C@@H](NC(=O)c1ccc2c(c1)OCO2)C1CCN(C(=O)C2CC2)CC1. The highest BCUT2D eigenvalue weighted by Gasteiger charge is 2.39. The van der Waals surface area contributed by atoms with Crippen LogP contribution in [-0.4, -0.2) is 66.5 Å². The topological polar surface area (TPSA) is 88.2 Å². The predicted octanol–water partition coefficient (Wildman–Crippen LogP) is 2.03. The maximum Gasteiger partial charge on any atom is 0.252 e. The molecule has 31 heavy (non-hydrogen) atoms. The Morgan fingerprint density at radius 1 is 1.06 bits per heavy atom. The van der Waals surface area contributed by atoms with Crippen LogP contribution in [0.15, 0.2) is 18.2 Å². The van der Waals surface area contributed by atoms with Crippen molar-refractivity contribution in [3.05, 3.63) is 23.8 Å². The summed E-state index contributed by atoms with van der Waals surface area (Å²) in [5.41, 5.74) is 0.433. The average molecular weight is 430 g/mol. The fourth-order valence-corrected chi connectivity index (χ4v) is 4.42. The molecule has 0 aromatic heterocycles. The zero-order chi connectivity index (χ0) is 22.0. The first-order valence-corrected chi connectivity index (χ1v) is 11.3. The molecule has 2 aliphatic heterocycles. The summed E-state index contributed by atoms with van der Waals surface area (Å²) in [6.45, 7) is 6.48. The third-order valence-electron chi connectivity index (χ3n) is 6.51. The quantitative estimate of drug-likeness (QED) is 0.717. The van der Waals surface area contributed by atoms with Crippen molar-refractivity contribution >= 4 is 17.7 Å². The molecule has 8 nitrogen and oxygen atoms in total. The number of nitrogens with one attached hydrogen (secondary N) is 1. The molecular formula is C23H31N3O5. The molecule has 4 rings (SSSR count). The molecule has 1 saturated heterocycles. The number of piperidine rings is 1. The second-order valence-electron chi connectivity index (χ2n) is 8.47. The number of hydrogen-bond donors (Lipinski definition) is 1. The first-order valence-electron chi connectivity index (χ1n) is 11.3. The zero-order valence-corrected chi connectivity index (χ0v) is 18.3. The van der Waals surface area contributed by atoms with Crippen LogP contribution in [0.25, 0.3) is 0 Å². The molecule has 0 spiro atoms. The van der Waals surface area contributed by atoms with Crippen molar-refractivity contribution in [3.63, 3.8) is 0 Å². The van der Waals surface area contributed by atoms with Gasteiger partial charge in [-0.25, -0.2) is 0 Å². The Kier molecular flexibility index (Phi) is 6.34. The first-order chi connectivity index (χ1) is 15.0. The molecule has 8 heteroatoms. The lowest BCUT2D eigenvalue weighted by Gasteiger charge is -2.37.